The average Bonchev–Trinajstić information content (AvgIpc) is 2.62. The first-order valence-electron chi connectivity index (χ1n) is 9.86. The van der Waals surface area contributed by atoms with Crippen molar-refractivity contribution in [3.8, 4) is 0 Å². The van der Waals surface area contributed by atoms with E-state index in [2.05, 4.69) is 0 Å². The highest BCUT2D eigenvalue weighted by atomic mass is 16.3. The fourth-order valence-electron chi connectivity index (χ4n) is 4.56. The summed E-state index contributed by atoms with van der Waals surface area (Å²) in [5, 5.41) is 10.6. The third-order valence-electron chi connectivity index (χ3n) is 6.16. The minimum absolute atomic E-state index is 0.0594. The van der Waals surface area contributed by atoms with Crippen molar-refractivity contribution in [3.05, 3.63) is 0 Å². The molecule has 24 heavy (non-hydrogen) atoms. The van der Waals surface area contributed by atoms with Crippen LogP contribution in [0.25, 0.3) is 0 Å². The molecule has 1 saturated heterocycles. The van der Waals surface area contributed by atoms with Crippen molar-refractivity contribution in [1.82, 2.24) is 9.80 Å². The van der Waals surface area contributed by atoms with Gasteiger partial charge in [-0.05, 0) is 25.7 Å². The molecule has 3 fully saturated rings. The third-order valence-corrected chi connectivity index (χ3v) is 6.16. The zero-order valence-corrected chi connectivity index (χ0v) is 14.8. The number of aliphatic hydroxyl groups is 1. The molecule has 2 amide bonds. The lowest BCUT2D eigenvalue weighted by Gasteiger charge is -2.39. The summed E-state index contributed by atoms with van der Waals surface area (Å²) < 4.78 is 0. The van der Waals surface area contributed by atoms with Crippen LogP contribution in [0.5, 0.6) is 0 Å². The Balaban J connectivity index is 1.45. The third kappa shape index (κ3) is 4.29. The Morgan fingerprint density at radius 1 is 0.833 bits per heavy atom. The predicted octanol–water partition coefficient (Wildman–Crippen LogP) is 2.32. The Morgan fingerprint density at radius 3 is 2.00 bits per heavy atom. The van der Waals surface area contributed by atoms with Crippen molar-refractivity contribution in [2.75, 3.05) is 26.2 Å². The fourth-order valence-corrected chi connectivity index (χ4v) is 4.56. The van der Waals surface area contributed by atoms with Gasteiger partial charge < -0.3 is 14.9 Å². The molecule has 0 atom stereocenters. The van der Waals surface area contributed by atoms with E-state index in [1.807, 2.05) is 9.80 Å². The number of carbonyl (C=O) groups excluding carboxylic acids is 2. The molecule has 0 unspecified atom stereocenters. The summed E-state index contributed by atoms with van der Waals surface area (Å²) in [4.78, 5) is 28.9. The normalized spacial score (nSPS) is 25.5. The summed E-state index contributed by atoms with van der Waals surface area (Å²) >= 11 is 0. The molecular weight excluding hydrogens is 304 g/mol. The van der Waals surface area contributed by atoms with Gasteiger partial charge in [-0.25, -0.2) is 0 Å². The summed E-state index contributed by atoms with van der Waals surface area (Å²) in [5.74, 6) is 0.570. The molecule has 3 aliphatic rings. The molecule has 0 bridgehead atoms. The zero-order valence-electron chi connectivity index (χ0n) is 14.8. The minimum atomic E-state index is -0.787. The van der Waals surface area contributed by atoms with Crippen LogP contribution in [0.3, 0.4) is 0 Å². The van der Waals surface area contributed by atoms with Crippen molar-refractivity contribution in [2.45, 2.75) is 76.2 Å². The molecule has 136 valence electrons. The zero-order chi connectivity index (χ0) is 17.0. The van der Waals surface area contributed by atoms with Gasteiger partial charge in [-0.1, -0.05) is 38.5 Å². The summed E-state index contributed by atoms with van der Waals surface area (Å²) in [5.41, 5.74) is -0.787. The first-order chi connectivity index (χ1) is 11.6. The molecule has 1 heterocycles. The van der Waals surface area contributed by atoms with Gasteiger partial charge in [0.1, 0.15) is 0 Å². The molecule has 1 aliphatic heterocycles. The number of nitrogens with zero attached hydrogens (tertiary/aromatic N) is 2. The van der Waals surface area contributed by atoms with E-state index >= 15 is 0 Å². The van der Waals surface area contributed by atoms with Crippen LogP contribution in [0.15, 0.2) is 0 Å². The van der Waals surface area contributed by atoms with Crippen molar-refractivity contribution in [1.29, 1.82) is 0 Å². The second-order valence-corrected chi connectivity index (χ2v) is 8.00. The molecule has 3 rings (SSSR count). The van der Waals surface area contributed by atoms with Gasteiger partial charge in [0.25, 0.3) is 0 Å². The van der Waals surface area contributed by atoms with Crippen molar-refractivity contribution >= 4 is 11.8 Å². The van der Waals surface area contributed by atoms with Gasteiger partial charge in [0.15, 0.2) is 0 Å². The monoisotopic (exact) mass is 336 g/mol. The van der Waals surface area contributed by atoms with Crippen LogP contribution >= 0.6 is 0 Å². The molecule has 0 spiro atoms. The number of carbonyl (C=O) groups is 2. The number of hydrogen-bond acceptors (Lipinski definition) is 3. The van der Waals surface area contributed by atoms with E-state index in [-0.39, 0.29) is 18.2 Å². The number of piperazine rings is 1. The first-order valence-corrected chi connectivity index (χ1v) is 9.86. The van der Waals surface area contributed by atoms with Gasteiger partial charge in [-0.2, -0.15) is 0 Å². The van der Waals surface area contributed by atoms with E-state index in [4.69, 9.17) is 0 Å². The highest BCUT2D eigenvalue weighted by Gasteiger charge is 2.35. The number of rotatable bonds is 3. The highest BCUT2D eigenvalue weighted by Crippen LogP contribution is 2.31. The molecule has 5 nitrogen and oxygen atoms in total. The lowest BCUT2D eigenvalue weighted by molar-refractivity contribution is -0.145. The van der Waals surface area contributed by atoms with Crippen LogP contribution in [0, 0.1) is 5.92 Å². The quantitative estimate of drug-likeness (QED) is 0.860. The van der Waals surface area contributed by atoms with Crippen LogP contribution in [0.1, 0.15) is 70.6 Å². The Hall–Kier alpha value is -1.10. The van der Waals surface area contributed by atoms with Gasteiger partial charge in [-0.15, -0.1) is 0 Å². The van der Waals surface area contributed by atoms with Crippen LogP contribution in [0.4, 0.5) is 0 Å². The standard InChI is InChI=1S/C19H32N2O3/c22-17(15-19(24)9-5-2-6-10-19)20-11-13-21(14-12-20)18(23)16-7-3-1-4-8-16/h16,24H,1-15H2. The van der Waals surface area contributed by atoms with Gasteiger partial charge >= 0.3 is 0 Å². The van der Waals surface area contributed by atoms with Gasteiger partial charge in [0.05, 0.1) is 12.0 Å². The molecule has 1 N–H and O–H groups in total. The smallest absolute Gasteiger partial charge is 0.225 e. The van der Waals surface area contributed by atoms with Crippen molar-refractivity contribution < 1.29 is 14.7 Å². The Labute approximate surface area is 145 Å². The largest absolute Gasteiger partial charge is 0.389 e. The molecule has 0 radical (unpaired) electrons. The van der Waals surface area contributed by atoms with E-state index in [1.54, 1.807) is 0 Å². The van der Waals surface area contributed by atoms with Gasteiger partial charge in [0, 0.05) is 32.1 Å². The van der Waals surface area contributed by atoms with Crippen molar-refractivity contribution in [3.63, 3.8) is 0 Å². The van der Waals surface area contributed by atoms with Gasteiger partial charge in [-0.3, -0.25) is 9.59 Å². The number of amides is 2. The van der Waals surface area contributed by atoms with Crippen LogP contribution in [-0.4, -0.2) is 58.5 Å². The predicted molar refractivity (Wildman–Crippen MR) is 92.4 cm³/mol. The van der Waals surface area contributed by atoms with Crippen LogP contribution in [-0.2, 0) is 9.59 Å². The maximum Gasteiger partial charge on any atom is 0.225 e. The van der Waals surface area contributed by atoms with Gasteiger partial charge in [0.2, 0.25) is 11.8 Å². The van der Waals surface area contributed by atoms with Crippen molar-refractivity contribution in [2.24, 2.45) is 5.92 Å². The highest BCUT2D eigenvalue weighted by molar-refractivity contribution is 5.80. The van der Waals surface area contributed by atoms with Crippen LogP contribution < -0.4 is 0 Å². The first kappa shape index (κ1) is 17.7. The molecule has 5 heteroatoms. The lowest BCUT2D eigenvalue weighted by Crippen LogP contribution is -2.53. The molecule has 0 aromatic heterocycles. The average molecular weight is 336 g/mol. The minimum Gasteiger partial charge on any atom is -0.389 e. The molecule has 2 aliphatic carbocycles. The van der Waals surface area contributed by atoms with E-state index in [0.717, 1.165) is 38.5 Å². The Bertz CT molecular complexity index is 446. The summed E-state index contributed by atoms with van der Waals surface area (Å²) in [6.45, 7) is 2.54. The summed E-state index contributed by atoms with van der Waals surface area (Å²) in [6, 6.07) is 0. The Morgan fingerprint density at radius 2 is 1.38 bits per heavy atom. The maximum absolute atomic E-state index is 12.6. The van der Waals surface area contributed by atoms with E-state index in [1.165, 1.54) is 25.7 Å². The summed E-state index contributed by atoms with van der Waals surface area (Å²) in [6.07, 6.45) is 10.6. The topological polar surface area (TPSA) is 60.9 Å². The maximum atomic E-state index is 12.6. The second-order valence-electron chi connectivity index (χ2n) is 8.00. The van der Waals surface area contributed by atoms with E-state index in [9.17, 15) is 14.7 Å². The van der Waals surface area contributed by atoms with E-state index < -0.39 is 5.60 Å². The SMILES string of the molecule is O=C(CC1(O)CCCCC1)N1CCN(C(=O)C2CCCCC2)CC1. The van der Waals surface area contributed by atoms with E-state index in [0.29, 0.717) is 32.1 Å². The molecule has 0 aromatic carbocycles. The Kier molecular flexibility index (Phi) is 5.80. The molecule has 0 aromatic rings. The lowest BCUT2D eigenvalue weighted by atomic mass is 9.82. The summed E-state index contributed by atoms with van der Waals surface area (Å²) in [7, 11) is 0. The van der Waals surface area contributed by atoms with Crippen LogP contribution in [0.2, 0.25) is 0 Å². The fraction of sp³-hybridized carbons (Fsp3) is 0.895. The molecule has 2 saturated carbocycles. The number of hydrogen-bond donors (Lipinski definition) is 1. The second kappa shape index (κ2) is 7.85. The molecular formula is C19H32N2O3.